The SMILES string of the molecule is C=CCOC[C@H](O)C[NH+](Cc1cccn1Cc1cccc(F)c1)C1CCCCC1. The molecule has 2 aromatic rings. The number of aromatic nitrogens is 1. The molecular formula is C24H34FN2O2+. The summed E-state index contributed by atoms with van der Waals surface area (Å²) in [4.78, 5) is 1.42. The number of nitrogens with zero attached hydrogens (tertiary/aromatic N) is 1. The van der Waals surface area contributed by atoms with Crippen molar-refractivity contribution >= 4 is 0 Å². The molecule has 158 valence electrons. The Morgan fingerprint density at radius 3 is 2.83 bits per heavy atom. The van der Waals surface area contributed by atoms with Crippen LogP contribution in [0.15, 0.2) is 55.3 Å². The molecule has 0 aliphatic heterocycles. The molecule has 1 aromatic heterocycles. The van der Waals surface area contributed by atoms with Crippen molar-refractivity contribution in [3.05, 3.63) is 72.3 Å². The monoisotopic (exact) mass is 401 g/mol. The summed E-state index contributed by atoms with van der Waals surface area (Å²) in [6.07, 6.45) is 9.53. The van der Waals surface area contributed by atoms with Gasteiger partial charge in [-0.3, -0.25) is 0 Å². The normalized spacial score (nSPS) is 17.2. The van der Waals surface area contributed by atoms with Gasteiger partial charge in [0, 0.05) is 12.7 Å². The number of benzene rings is 1. The van der Waals surface area contributed by atoms with Gasteiger partial charge in [-0.05, 0) is 55.5 Å². The first-order chi connectivity index (χ1) is 14.2. The van der Waals surface area contributed by atoms with E-state index in [4.69, 9.17) is 4.74 Å². The number of rotatable bonds is 11. The van der Waals surface area contributed by atoms with Gasteiger partial charge in [-0.2, -0.15) is 0 Å². The van der Waals surface area contributed by atoms with Crippen molar-refractivity contribution in [3.63, 3.8) is 0 Å². The van der Waals surface area contributed by atoms with Gasteiger partial charge in [-0.1, -0.05) is 24.6 Å². The zero-order valence-corrected chi connectivity index (χ0v) is 17.2. The third-order valence-corrected chi connectivity index (χ3v) is 5.80. The van der Waals surface area contributed by atoms with E-state index in [0.29, 0.717) is 32.3 Å². The van der Waals surface area contributed by atoms with Crippen LogP contribution < -0.4 is 4.90 Å². The van der Waals surface area contributed by atoms with E-state index >= 15 is 0 Å². The minimum atomic E-state index is -0.487. The number of aliphatic hydroxyl groups excluding tert-OH is 1. The van der Waals surface area contributed by atoms with Crippen LogP contribution in [0, 0.1) is 5.82 Å². The molecule has 0 spiro atoms. The maximum atomic E-state index is 13.6. The van der Waals surface area contributed by atoms with Crippen LogP contribution in [-0.4, -0.2) is 41.6 Å². The average Bonchev–Trinajstić information content (AvgIpc) is 3.15. The number of quaternary nitrogens is 1. The highest BCUT2D eigenvalue weighted by Gasteiger charge is 2.27. The second kappa shape index (κ2) is 11.3. The van der Waals surface area contributed by atoms with Gasteiger partial charge in [0.25, 0.3) is 0 Å². The van der Waals surface area contributed by atoms with Crippen LogP contribution in [0.4, 0.5) is 4.39 Å². The first-order valence-electron chi connectivity index (χ1n) is 10.8. The van der Waals surface area contributed by atoms with E-state index in [-0.39, 0.29) is 5.82 Å². The molecule has 0 saturated heterocycles. The summed E-state index contributed by atoms with van der Waals surface area (Å²) in [5.41, 5.74) is 2.17. The zero-order valence-electron chi connectivity index (χ0n) is 17.2. The average molecular weight is 402 g/mol. The Morgan fingerprint density at radius 1 is 1.24 bits per heavy atom. The van der Waals surface area contributed by atoms with E-state index in [1.807, 2.05) is 6.07 Å². The predicted molar refractivity (Wildman–Crippen MR) is 113 cm³/mol. The van der Waals surface area contributed by atoms with E-state index in [2.05, 4.69) is 29.5 Å². The van der Waals surface area contributed by atoms with E-state index in [0.717, 1.165) is 12.1 Å². The lowest BCUT2D eigenvalue weighted by Gasteiger charge is -2.33. The van der Waals surface area contributed by atoms with Crippen molar-refractivity contribution in [1.82, 2.24) is 4.57 Å². The quantitative estimate of drug-likeness (QED) is 0.449. The van der Waals surface area contributed by atoms with Crippen molar-refractivity contribution < 1.29 is 19.1 Å². The van der Waals surface area contributed by atoms with Crippen molar-refractivity contribution in [2.75, 3.05) is 19.8 Å². The smallest absolute Gasteiger partial charge is 0.126 e. The molecule has 1 aromatic carbocycles. The second-order valence-electron chi connectivity index (χ2n) is 8.11. The third kappa shape index (κ3) is 6.81. The minimum Gasteiger partial charge on any atom is -0.385 e. The number of aliphatic hydroxyl groups is 1. The molecular weight excluding hydrogens is 367 g/mol. The van der Waals surface area contributed by atoms with Gasteiger partial charge in [0.15, 0.2) is 0 Å². The Bertz CT molecular complexity index is 755. The summed E-state index contributed by atoms with van der Waals surface area (Å²) >= 11 is 0. The highest BCUT2D eigenvalue weighted by molar-refractivity contribution is 5.18. The molecule has 1 aliphatic carbocycles. The highest BCUT2D eigenvalue weighted by atomic mass is 19.1. The van der Waals surface area contributed by atoms with Crippen molar-refractivity contribution in [3.8, 4) is 0 Å². The molecule has 1 aliphatic rings. The topological polar surface area (TPSA) is 38.8 Å². The molecule has 0 bridgehead atoms. The lowest BCUT2D eigenvalue weighted by atomic mass is 9.94. The van der Waals surface area contributed by atoms with E-state index in [1.54, 1.807) is 18.2 Å². The molecule has 1 unspecified atom stereocenters. The van der Waals surface area contributed by atoms with Gasteiger partial charge in [-0.15, -0.1) is 6.58 Å². The van der Waals surface area contributed by atoms with Crippen LogP contribution in [0.3, 0.4) is 0 Å². The van der Waals surface area contributed by atoms with E-state index in [9.17, 15) is 9.50 Å². The van der Waals surface area contributed by atoms with Crippen LogP contribution in [0.5, 0.6) is 0 Å². The molecule has 5 heteroatoms. The number of hydrogen-bond acceptors (Lipinski definition) is 2. The summed E-state index contributed by atoms with van der Waals surface area (Å²) in [7, 11) is 0. The van der Waals surface area contributed by atoms with Crippen LogP contribution in [0.2, 0.25) is 0 Å². The third-order valence-electron chi connectivity index (χ3n) is 5.80. The number of halogens is 1. The summed E-state index contributed by atoms with van der Waals surface area (Å²) in [5.74, 6) is -0.201. The Morgan fingerprint density at radius 2 is 2.07 bits per heavy atom. The van der Waals surface area contributed by atoms with Crippen LogP contribution in [0.25, 0.3) is 0 Å². The summed E-state index contributed by atoms with van der Waals surface area (Å²) in [6.45, 7) is 6.64. The summed E-state index contributed by atoms with van der Waals surface area (Å²) < 4.78 is 21.2. The fourth-order valence-corrected chi connectivity index (χ4v) is 4.37. The summed E-state index contributed by atoms with van der Waals surface area (Å²) in [6, 6.07) is 11.5. The molecule has 3 rings (SSSR count). The van der Waals surface area contributed by atoms with Gasteiger partial charge in [0.1, 0.15) is 25.0 Å². The molecule has 4 nitrogen and oxygen atoms in total. The number of hydrogen-bond donors (Lipinski definition) is 2. The fourth-order valence-electron chi connectivity index (χ4n) is 4.37. The van der Waals surface area contributed by atoms with E-state index in [1.165, 1.54) is 48.8 Å². The predicted octanol–water partition coefficient (Wildman–Crippen LogP) is 2.96. The Hall–Kier alpha value is -1.95. The van der Waals surface area contributed by atoms with Crippen LogP contribution in [-0.2, 0) is 17.8 Å². The van der Waals surface area contributed by atoms with Crippen molar-refractivity contribution in [1.29, 1.82) is 0 Å². The zero-order chi connectivity index (χ0) is 20.5. The molecule has 2 N–H and O–H groups in total. The fraction of sp³-hybridized carbons (Fsp3) is 0.500. The largest absolute Gasteiger partial charge is 0.385 e. The van der Waals surface area contributed by atoms with Gasteiger partial charge in [-0.25, -0.2) is 4.39 Å². The van der Waals surface area contributed by atoms with Crippen LogP contribution >= 0.6 is 0 Å². The Labute approximate surface area is 173 Å². The molecule has 1 fully saturated rings. The molecule has 0 radical (unpaired) electrons. The van der Waals surface area contributed by atoms with Gasteiger partial charge >= 0.3 is 0 Å². The first kappa shape index (κ1) is 21.8. The number of nitrogens with one attached hydrogen (secondary N) is 1. The van der Waals surface area contributed by atoms with Gasteiger partial charge < -0.3 is 19.3 Å². The second-order valence-corrected chi connectivity index (χ2v) is 8.11. The lowest BCUT2D eigenvalue weighted by Crippen LogP contribution is -3.15. The van der Waals surface area contributed by atoms with E-state index < -0.39 is 6.10 Å². The Kier molecular flexibility index (Phi) is 8.47. The first-order valence-corrected chi connectivity index (χ1v) is 10.8. The molecule has 1 saturated carbocycles. The highest BCUT2D eigenvalue weighted by Crippen LogP contribution is 2.16. The molecule has 0 amide bonds. The molecule has 29 heavy (non-hydrogen) atoms. The van der Waals surface area contributed by atoms with Gasteiger partial charge in [0.2, 0.25) is 0 Å². The van der Waals surface area contributed by atoms with Crippen molar-refractivity contribution in [2.45, 2.75) is 57.3 Å². The minimum absolute atomic E-state index is 0.201. The maximum Gasteiger partial charge on any atom is 0.126 e. The lowest BCUT2D eigenvalue weighted by molar-refractivity contribution is -0.943. The van der Waals surface area contributed by atoms with Gasteiger partial charge in [0.05, 0.1) is 24.9 Å². The number of ether oxygens (including phenoxy) is 1. The molecule has 2 atom stereocenters. The summed E-state index contributed by atoms with van der Waals surface area (Å²) in [5, 5.41) is 10.5. The van der Waals surface area contributed by atoms with Crippen LogP contribution in [0.1, 0.15) is 43.4 Å². The molecule has 1 heterocycles. The Balaban J connectivity index is 1.68. The van der Waals surface area contributed by atoms with Crippen molar-refractivity contribution in [2.24, 2.45) is 0 Å². The standard InChI is InChI=1S/C24H33FN2O2/c1-2-14-29-19-24(28)18-27(22-10-4-3-5-11-22)17-23-12-7-13-26(23)16-20-8-6-9-21(25)15-20/h2,6-9,12-13,15,22,24,28H,1,3-5,10-11,14,16-19H2/p+1/t24-/m1/s1. The maximum absolute atomic E-state index is 13.6.